The van der Waals surface area contributed by atoms with Crippen molar-refractivity contribution in [2.24, 2.45) is 0 Å². The summed E-state index contributed by atoms with van der Waals surface area (Å²) in [5, 5.41) is 9.75. The normalized spacial score (nSPS) is 10.8. The van der Waals surface area contributed by atoms with E-state index in [9.17, 15) is 9.90 Å². The maximum atomic E-state index is 11.3. The minimum Gasteiger partial charge on any atom is -0.507 e. The molecule has 2 aromatic carbocycles. The Balaban J connectivity index is 2.20. The molecule has 0 saturated carbocycles. The molecular weight excluding hydrogens is 264 g/mol. The van der Waals surface area contributed by atoms with Crippen molar-refractivity contribution >= 4 is 18.1 Å². The molecule has 0 fully saturated rings. The number of ether oxygens (including phenoxy) is 1. The Morgan fingerprint density at radius 3 is 2.05 bits per heavy atom. The first-order chi connectivity index (χ1) is 10.0. The van der Waals surface area contributed by atoms with E-state index >= 15 is 0 Å². The molecule has 0 heterocycles. The summed E-state index contributed by atoms with van der Waals surface area (Å²) in [6, 6.07) is 11.1. The molecule has 21 heavy (non-hydrogen) atoms. The third-order valence-electron chi connectivity index (χ3n) is 3.31. The fourth-order valence-electron chi connectivity index (χ4n) is 2.13. The minimum atomic E-state index is -0.338. The molecule has 0 radical (unpaired) electrons. The number of esters is 1. The fourth-order valence-corrected chi connectivity index (χ4v) is 2.13. The van der Waals surface area contributed by atoms with Crippen LogP contribution in [0.3, 0.4) is 0 Å². The lowest BCUT2D eigenvalue weighted by atomic mass is 10.0. The van der Waals surface area contributed by atoms with Crippen LogP contribution < -0.4 is 0 Å². The Bertz CT molecular complexity index is 659. The number of carbonyl (C=O) groups excluding carboxylic acids is 1. The van der Waals surface area contributed by atoms with Crippen LogP contribution in [0.4, 0.5) is 0 Å². The number of carbonyl (C=O) groups is 1. The summed E-state index contributed by atoms with van der Waals surface area (Å²) in [4.78, 5) is 11.3. The fraction of sp³-hybridized carbons (Fsp3) is 0.167. The first-order valence-electron chi connectivity index (χ1n) is 6.68. The third kappa shape index (κ3) is 3.51. The Morgan fingerprint density at radius 2 is 1.52 bits per heavy atom. The second-order valence-corrected chi connectivity index (χ2v) is 4.95. The highest BCUT2D eigenvalue weighted by Gasteiger charge is 2.03. The molecule has 1 N–H and O–H groups in total. The number of aromatic hydroxyl groups is 1. The number of aryl methyl sites for hydroxylation is 2. The van der Waals surface area contributed by atoms with Crippen LogP contribution in [0.15, 0.2) is 36.4 Å². The number of phenolic OH excluding ortho intramolecular Hbond substituents is 1. The van der Waals surface area contributed by atoms with Gasteiger partial charge in [-0.15, -0.1) is 0 Å². The van der Waals surface area contributed by atoms with Gasteiger partial charge in [0.25, 0.3) is 0 Å². The van der Waals surface area contributed by atoms with Gasteiger partial charge in [-0.25, -0.2) is 4.79 Å². The maximum Gasteiger partial charge on any atom is 0.337 e. The van der Waals surface area contributed by atoms with Gasteiger partial charge in [-0.05, 0) is 60.4 Å². The Hall–Kier alpha value is -2.55. The van der Waals surface area contributed by atoms with E-state index in [1.807, 2.05) is 50.3 Å². The zero-order valence-corrected chi connectivity index (χ0v) is 12.4. The number of methoxy groups -OCH3 is 1. The van der Waals surface area contributed by atoms with Gasteiger partial charge in [0.2, 0.25) is 0 Å². The first-order valence-corrected chi connectivity index (χ1v) is 6.68. The molecule has 0 unspecified atom stereocenters. The lowest BCUT2D eigenvalue weighted by Gasteiger charge is -2.04. The van der Waals surface area contributed by atoms with E-state index in [2.05, 4.69) is 4.74 Å². The van der Waals surface area contributed by atoms with Gasteiger partial charge in [0.15, 0.2) is 0 Å². The molecule has 0 amide bonds. The van der Waals surface area contributed by atoms with Crippen molar-refractivity contribution in [2.45, 2.75) is 13.8 Å². The molecule has 0 aliphatic heterocycles. The van der Waals surface area contributed by atoms with E-state index in [4.69, 9.17) is 0 Å². The van der Waals surface area contributed by atoms with Gasteiger partial charge in [0.05, 0.1) is 12.7 Å². The highest BCUT2D eigenvalue weighted by atomic mass is 16.5. The third-order valence-corrected chi connectivity index (χ3v) is 3.31. The van der Waals surface area contributed by atoms with Gasteiger partial charge in [0, 0.05) is 0 Å². The van der Waals surface area contributed by atoms with E-state index in [-0.39, 0.29) is 5.97 Å². The van der Waals surface area contributed by atoms with Gasteiger partial charge in [-0.3, -0.25) is 0 Å². The molecule has 0 aromatic heterocycles. The predicted molar refractivity (Wildman–Crippen MR) is 84.3 cm³/mol. The van der Waals surface area contributed by atoms with E-state index in [1.165, 1.54) is 7.11 Å². The van der Waals surface area contributed by atoms with Crippen molar-refractivity contribution in [3.8, 4) is 5.75 Å². The Morgan fingerprint density at radius 1 is 1.00 bits per heavy atom. The molecule has 0 saturated heterocycles. The molecule has 0 spiro atoms. The van der Waals surface area contributed by atoms with Crippen LogP contribution in [-0.2, 0) is 4.74 Å². The zero-order chi connectivity index (χ0) is 15.4. The summed E-state index contributed by atoms with van der Waals surface area (Å²) in [5.41, 5.74) is 4.27. The molecule has 2 aromatic rings. The summed E-state index contributed by atoms with van der Waals surface area (Å²) in [5.74, 6) is 0.00453. The molecule has 0 aliphatic carbocycles. The largest absolute Gasteiger partial charge is 0.507 e. The van der Waals surface area contributed by atoms with Crippen molar-refractivity contribution in [1.82, 2.24) is 0 Å². The van der Waals surface area contributed by atoms with E-state index in [0.717, 1.165) is 22.3 Å². The van der Waals surface area contributed by atoms with E-state index in [1.54, 1.807) is 12.1 Å². The second kappa shape index (κ2) is 6.27. The number of hydrogen-bond acceptors (Lipinski definition) is 3. The summed E-state index contributed by atoms with van der Waals surface area (Å²) in [7, 11) is 1.37. The van der Waals surface area contributed by atoms with Crippen LogP contribution in [0.1, 0.15) is 32.6 Å². The summed E-state index contributed by atoms with van der Waals surface area (Å²) in [6.07, 6.45) is 3.94. The van der Waals surface area contributed by atoms with Crippen molar-refractivity contribution < 1.29 is 14.6 Å². The smallest absolute Gasteiger partial charge is 0.337 e. The SMILES string of the molecule is COC(=O)c1ccc(C=Cc2cc(C)c(O)c(C)c2)cc1. The molecule has 108 valence electrons. The first kappa shape index (κ1) is 14.9. The molecule has 0 bridgehead atoms. The zero-order valence-electron chi connectivity index (χ0n) is 12.4. The molecule has 3 heteroatoms. The van der Waals surface area contributed by atoms with Crippen molar-refractivity contribution in [3.63, 3.8) is 0 Å². The number of phenols is 1. The second-order valence-electron chi connectivity index (χ2n) is 4.95. The van der Waals surface area contributed by atoms with Crippen LogP contribution in [-0.4, -0.2) is 18.2 Å². The highest BCUT2D eigenvalue weighted by Crippen LogP contribution is 2.24. The molecule has 0 aliphatic rings. The molecular formula is C18H18O3. The van der Waals surface area contributed by atoms with E-state index < -0.39 is 0 Å². The monoisotopic (exact) mass is 282 g/mol. The number of rotatable bonds is 3. The summed E-state index contributed by atoms with van der Waals surface area (Å²) >= 11 is 0. The Labute approximate surface area is 124 Å². The predicted octanol–water partition coefficient (Wildman–Crippen LogP) is 3.97. The van der Waals surface area contributed by atoms with E-state index in [0.29, 0.717) is 11.3 Å². The van der Waals surface area contributed by atoms with Crippen LogP contribution in [0.25, 0.3) is 12.2 Å². The summed E-state index contributed by atoms with van der Waals surface area (Å²) < 4.78 is 4.66. The van der Waals surface area contributed by atoms with Gasteiger partial charge in [-0.1, -0.05) is 24.3 Å². The van der Waals surface area contributed by atoms with Gasteiger partial charge >= 0.3 is 5.97 Å². The highest BCUT2D eigenvalue weighted by molar-refractivity contribution is 5.89. The molecule has 2 rings (SSSR count). The maximum absolute atomic E-state index is 11.3. The van der Waals surface area contributed by atoms with Crippen LogP contribution >= 0.6 is 0 Å². The molecule has 0 atom stereocenters. The topological polar surface area (TPSA) is 46.5 Å². The van der Waals surface area contributed by atoms with Crippen molar-refractivity contribution in [2.75, 3.05) is 7.11 Å². The van der Waals surface area contributed by atoms with Crippen molar-refractivity contribution in [3.05, 3.63) is 64.2 Å². The standard InChI is InChI=1S/C18H18O3/c1-12-10-15(11-13(2)17(12)19)5-4-14-6-8-16(9-7-14)18(20)21-3/h4-11,19H,1-3H3. The number of benzene rings is 2. The summed E-state index contributed by atoms with van der Waals surface area (Å²) in [6.45, 7) is 3.76. The van der Waals surface area contributed by atoms with Crippen molar-refractivity contribution in [1.29, 1.82) is 0 Å². The van der Waals surface area contributed by atoms with Gasteiger partial charge < -0.3 is 9.84 Å². The van der Waals surface area contributed by atoms with Crippen LogP contribution in [0.5, 0.6) is 5.75 Å². The quantitative estimate of drug-likeness (QED) is 0.684. The molecule has 3 nitrogen and oxygen atoms in total. The minimum absolute atomic E-state index is 0.338. The Kier molecular flexibility index (Phi) is 4.43. The van der Waals surface area contributed by atoms with Gasteiger partial charge in [0.1, 0.15) is 5.75 Å². The van der Waals surface area contributed by atoms with Crippen LogP contribution in [0, 0.1) is 13.8 Å². The average Bonchev–Trinajstić information content (AvgIpc) is 2.50. The average molecular weight is 282 g/mol. The van der Waals surface area contributed by atoms with Crippen LogP contribution in [0.2, 0.25) is 0 Å². The van der Waals surface area contributed by atoms with Gasteiger partial charge in [-0.2, -0.15) is 0 Å². The lowest BCUT2D eigenvalue weighted by molar-refractivity contribution is 0.0600. The lowest BCUT2D eigenvalue weighted by Crippen LogP contribution is -2.00. The number of hydrogen-bond donors (Lipinski definition) is 1.